The lowest BCUT2D eigenvalue weighted by Crippen LogP contribution is -1.97. The van der Waals surface area contributed by atoms with Crippen LogP contribution in [0.1, 0.15) is 27.8 Å². The first-order valence-electron chi connectivity index (χ1n) is 5.35. The molecule has 1 heterocycles. The number of aldehydes is 1. The van der Waals surface area contributed by atoms with E-state index in [1.807, 2.05) is 29.8 Å². The van der Waals surface area contributed by atoms with Gasteiger partial charge in [0, 0.05) is 18.3 Å². The van der Waals surface area contributed by atoms with Crippen molar-refractivity contribution < 1.29 is 9.59 Å². The fraction of sp³-hybridized carbons (Fsp3) is 0.143. The number of aromatic nitrogens is 1. The zero-order valence-corrected chi connectivity index (χ0v) is 9.81. The minimum Gasteiger partial charge on any atom is -0.341 e. The maximum Gasteiger partial charge on any atom is 0.166 e. The van der Waals surface area contributed by atoms with E-state index in [4.69, 9.17) is 0 Å². The normalized spacial score (nSPS) is 10.2. The van der Waals surface area contributed by atoms with Crippen molar-refractivity contribution in [1.82, 2.24) is 4.57 Å². The smallest absolute Gasteiger partial charge is 0.166 e. The molecule has 0 fully saturated rings. The third kappa shape index (κ3) is 2.04. The number of carbonyl (C=O) groups excluding carboxylic acids is 2. The first kappa shape index (κ1) is 11.3. The average Bonchev–Trinajstić information content (AvgIpc) is 2.70. The molecule has 0 amide bonds. The Bertz CT molecular complexity index is 564. The summed E-state index contributed by atoms with van der Waals surface area (Å²) < 4.78 is 1.83. The number of carbonyl (C=O) groups is 2. The molecule has 3 nitrogen and oxygen atoms in total. The van der Waals surface area contributed by atoms with Crippen molar-refractivity contribution in [3.8, 4) is 11.3 Å². The van der Waals surface area contributed by atoms with Gasteiger partial charge in [-0.05, 0) is 24.6 Å². The van der Waals surface area contributed by atoms with Crippen molar-refractivity contribution in [2.45, 2.75) is 6.92 Å². The average molecular weight is 227 g/mol. The van der Waals surface area contributed by atoms with Gasteiger partial charge in [-0.25, -0.2) is 0 Å². The van der Waals surface area contributed by atoms with Crippen molar-refractivity contribution in [3.05, 3.63) is 47.7 Å². The first-order valence-corrected chi connectivity index (χ1v) is 5.35. The highest BCUT2D eigenvalue weighted by molar-refractivity contribution is 5.94. The second-order valence-corrected chi connectivity index (χ2v) is 3.95. The Hall–Kier alpha value is -2.16. The minimum absolute atomic E-state index is 0.0528. The lowest BCUT2D eigenvalue weighted by atomic mass is 10.1. The van der Waals surface area contributed by atoms with Gasteiger partial charge in [-0.15, -0.1) is 0 Å². The molecule has 0 aliphatic carbocycles. The Balaban J connectivity index is 2.43. The van der Waals surface area contributed by atoms with Gasteiger partial charge < -0.3 is 4.57 Å². The van der Waals surface area contributed by atoms with Gasteiger partial charge in [-0.3, -0.25) is 9.59 Å². The van der Waals surface area contributed by atoms with E-state index in [2.05, 4.69) is 0 Å². The van der Waals surface area contributed by atoms with E-state index < -0.39 is 0 Å². The second-order valence-electron chi connectivity index (χ2n) is 3.95. The number of nitrogens with zero attached hydrogens (tertiary/aromatic N) is 1. The van der Waals surface area contributed by atoms with Gasteiger partial charge in [0.05, 0.1) is 5.69 Å². The number of rotatable bonds is 3. The molecule has 0 atom stereocenters. The van der Waals surface area contributed by atoms with E-state index in [1.165, 1.54) is 0 Å². The van der Waals surface area contributed by atoms with Gasteiger partial charge in [0.2, 0.25) is 0 Å². The van der Waals surface area contributed by atoms with E-state index in [0.717, 1.165) is 17.5 Å². The summed E-state index contributed by atoms with van der Waals surface area (Å²) in [6.45, 7) is 1.54. The summed E-state index contributed by atoms with van der Waals surface area (Å²) in [5.41, 5.74) is 3.28. The lowest BCUT2D eigenvalue weighted by molar-refractivity contribution is 0.101. The number of ketones is 1. The summed E-state index contributed by atoms with van der Waals surface area (Å²) in [7, 11) is 1.85. The van der Waals surface area contributed by atoms with Crippen LogP contribution in [0.2, 0.25) is 0 Å². The molecule has 2 rings (SSSR count). The summed E-state index contributed by atoms with van der Waals surface area (Å²) in [4.78, 5) is 21.9. The SMILES string of the molecule is CC(=O)c1ccc(-c2ccc(C=O)n2C)cc1. The van der Waals surface area contributed by atoms with Crippen molar-refractivity contribution in [2.24, 2.45) is 7.05 Å². The van der Waals surface area contributed by atoms with Crippen LogP contribution < -0.4 is 0 Å². The molecule has 0 unspecified atom stereocenters. The Labute approximate surface area is 99.7 Å². The van der Waals surface area contributed by atoms with Crippen molar-refractivity contribution in [2.75, 3.05) is 0 Å². The molecule has 3 heteroatoms. The second kappa shape index (κ2) is 4.37. The lowest BCUT2D eigenvalue weighted by Gasteiger charge is -2.05. The van der Waals surface area contributed by atoms with Gasteiger partial charge in [-0.1, -0.05) is 24.3 Å². The van der Waals surface area contributed by atoms with E-state index >= 15 is 0 Å². The van der Waals surface area contributed by atoms with Gasteiger partial charge in [-0.2, -0.15) is 0 Å². The topological polar surface area (TPSA) is 39.1 Å². The maximum atomic E-state index is 11.2. The summed E-state index contributed by atoms with van der Waals surface area (Å²) in [5, 5.41) is 0. The highest BCUT2D eigenvalue weighted by Gasteiger charge is 2.06. The fourth-order valence-corrected chi connectivity index (χ4v) is 1.81. The minimum atomic E-state index is 0.0528. The van der Waals surface area contributed by atoms with Crippen LogP contribution in [0.25, 0.3) is 11.3 Å². The maximum absolute atomic E-state index is 11.2. The predicted molar refractivity (Wildman–Crippen MR) is 66.2 cm³/mol. The van der Waals surface area contributed by atoms with E-state index in [1.54, 1.807) is 25.1 Å². The summed E-state index contributed by atoms with van der Waals surface area (Å²) in [6.07, 6.45) is 0.827. The molecule has 0 saturated carbocycles. The van der Waals surface area contributed by atoms with Crippen LogP contribution in [0.15, 0.2) is 36.4 Å². The highest BCUT2D eigenvalue weighted by atomic mass is 16.1. The molecule has 0 aliphatic rings. The number of Topliss-reactive ketones (excluding diaryl/α,β-unsaturated/α-hetero) is 1. The molecule has 1 aromatic heterocycles. The zero-order chi connectivity index (χ0) is 12.4. The van der Waals surface area contributed by atoms with E-state index in [-0.39, 0.29) is 5.78 Å². The third-order valence-corrected chi connectivity index (χ3v) is 2.87. The van der Waals surface area contributed by atoms with E-state index in [0.29, 0.717) is 11.3 Å². The molecule has 0 saturated heterocycles. The summed E-state index contributed by atoms with van der Waals surface area (Å²) >= 11 is 0. The van der Waals surface area contributed by atoms with Crippen LogP contribution in [0.5, 0.6) is 0 Å². The standard InChI is InChI=1S/C14H13NO2/c1-10(17)11-3-5-12(6-4-11)14-8-7-13(9-16)15(14)2/h3-9H,1-2H3. The van der Waals surface area contributed by atoms with Crippen LogP contribution in [-0.4, -0.2) is 16.6 Å². The molecule has 0 spiro atoms. The predicted octanol–water partition coefficient (Wildman–Crippen LogP) is 2.71. The number of benzene rings is 1. The van der Waals surface area contributed by atoms with Crippen LogP contribution in [0.3, 0.4) is 0 Å². The van der Waals surface area contributed by atoms with Crippen molar-refractivity contribution in [3.63, 3.8) is 0 Å². The van der Waals surface area contributed by atoms with Crippen LogP contribution in [-0.2, 0) is 7.05 Å². The fourth-order valence-electron chi connectivity index (χ4n) is 1.81. The molecule has 0 bridgehead atoms. The molecule has 17 heavy (non-hydrogen) atoms. The molecule has 0 aliphatic heterocycles. The van der Waals surface area contributed by atoms with Gasteiger partial charge in [0.1, 0.15) is 0 Å². The molecule has 0 N–H and O–H groups in total. The molecular weight excluding hydrogens is 214 g/mol. The van der Waals surface area contributed by atoms with Crippen molar-refractivity contribution in [1.29, 1.82) is 0 Å². The highest BCUT2D eigenvalue weighted by Crippen LogP contribution is 2.21. The van der Waals surface area contributed by atoms with Gasteiger partial charge in [0.25, 0.3) is 0 Å². The molecule has 86 valence electrons. The first-order chi connectivity index (χ1) is 8.13. The largest absolute Gasteiger partial charge is 0.341 e. The van der Waals surface area contributed by atoms with Crippen molar-refractivity contribution >= 4 is 12.1 Å². The van der Waals surface area contributed by atoms with Crippen LogP contribution in [0, 0.1) is 0 Å². The Kier molecular flexibility index (Phi) is 2.91. The van der Waals surface area contributed by atoms with Crippen LogP contribution >= 0.6 is 0 Å². The quantitative estimate of drug-likeness (QED) is 0.597. The van der Waals surface area contributed by atoms with Gasteiger partial charge >= 0.3 is 0 Å². The molecule has 0 radical (unpaired) electrons. The number of hydrogen-bond acceptors (Lipinski definition) is 2. The Morgan fingerprint density at radius 1 is 1.12 bits per heavy atom. The number of hydrogen-bond donors (Lipinski definition) is 0. The van der Waals surface area contributed by atoms with Gasteiger partial charge in [0.15, 0.2) is 12.1 Å². The molecule has 2 aromatic rings. The monoisotopic (exact) mass is 227 g/mol. The Morgan fingerprint density at radius 3 is 2.24 bits per heavy atom. The third-order valence-electron chi connectivity index (χ3n) is 2.87. The zero-order valence-electron chi connectivity index (χ0n) is 9.81. The Morgan fingerprint density at radius 2 is 1.76 bits per heavy atom. The molecular formula is C14H13NO2. The summed E-state index contributed by atoms with van der Waals surface area (Å²) in [6, 6.07) is 11.0. The molecule has 1 aromatic carbocycles. The van der Waals surface area contributed by atoms with Crippen LogP contribution in [0.4, 0.5) is 0 Å². The van der Waals surface area contributed by atoms with E-state index in [9.17, 15) is 9.59 Å². The summed E-state index contributed by atoms with van der Waals surface area (Å²) in [5.74, 6) is 0.0528.